The van der Waals surface area contributed by atoms with Crippen LogP contribution < -0.4 is 5.32 Å². The number of hydrogen-bond acceptors (Lipinski definition) is 5. The first-order valence-corrected chi connectivity index (χ1v) is 10.4. The molecule has 8 nitrogen and oxygen atoms in total. The van der Waals surface area contributed by atoms with Crippen LogP contribution in [0.4, 0.5) is 17.6 Å². The molecule has 0 spiro atoms. The Kier molecular flexibility index (Phi) is 7.35. The van der Waals surface area contributed by atoms with E-state index in [4.69, 9.17) is 9.90 Å². The SMILES string of the molecule is CC(C)NC(=O)c1nnc2n1CC1CN(Cc3ccc(F)cc3)CC1C2.O=C(O)C(F)(F)F. The number of carbonyl (C=O) groups excluding carboxylic acids is 1. The maximum atomic E-state index is 13.1. The van der Waals surface area contributed by atoms with Crippen molar-refractivity contribution in [1.29, 1.82) is 0 Å². The van der Waals surface area contributed by atoms with Gasteiger partial charge in [0.25, 0.3) is 5.91 Å². The predicted molar refractivity (Wildman–Crippen MR) is 109 cm³/mol. The van der Waals surface area contributed by atoms with E-state index in [1.165, 1.54) is 12.1 Å². The van der Waals surface area contributed by atoms with Gasteiger partial charge < -0.3 is 15.0 Å². The lowest BCUT2D eigenvalue weighted by Gasteiger charge is -2.25. The Morgan fingerprint density at radius 2 is 1.73 bits per heavy atom. The van der Waals surface area contributed by atoms with Crippen LogP contribution in [0.25, 0.3) is 0 Å². The molecule has 12 heteroatoms. The van der Waals surface area contributed by atoms with E-state index in [2.05, 4.69) is 20.4 Å². The molecule has 180 valence electrons. The van der Waals surface area contributed by atoms with E-state index in [0.29, 0.717) is 17.7 Å². The number of likely N-dealkylation sites (tertiary alicyclic amines) is 1. The fraction of sp³-hybridized carbons (Fsp3) is 0.524. The van der Waals surface area contributed by atoms with Gasteiger partial charge in [0.2, 0.25) is 5.82 Å². The summed E-state index contributed by atoms with van der Waals surface area (Å²) in [7, 11) is 0. The number of hydrogen-bond donors (Lipinski definition) is 2. The number of amides is 1. The molecule has 0 radical (unpaired) electrons. The van der Waals surface area contributed by atoms with E-state index in [-0.39, 0.29) is 17.8 Å². The lowest BCUT2D eigenvalue weighted by Crippen LogP contribution is -2.35. The van der Waals surface area contributed by atoms with Crippen LogP contribution in [0.5, 0.6) is 0 Å². The smallest absolute Gasteiger partial charge is 0.475 e. The number of benzene rings is 1. The van der Waals surface area contributed by atoms with Crippen molar-refractivity contribution in [1.82, 2.24) is 25.0 Å². The molecule has 1 fully saturated rings. The Morgan fingerprint density at radius 1 is 1.12 bits per heavy atom. The molecule has 2 unspecified atom stereocenters. The van der Waals surface area contributed by atoms with Gasteiger partial charge in [0.15, 0.2) is 0 Å². The Bertz CT molecular complexity index is 991. The third-order valence-electron chi connectivity index (χ3n) is 5.53. The minimum Gasteiger partial charge on any atom is -0.475 e. The number of nitrogens with one attached hydrogen (secondary N) is 1. The van der Waals surface area contributed by atoms with Crippen molar-refractivity contribution in [3.05, 3.63) is 47.3 Å². The highest BCUT2D eigenvalue weighted by Gasteiger charge is 2.39. The van der Waals surface area contributed by atoms with Crippen molar-refractivity contribution >= 4 is 11.9 Å². The first-order chi connectivity index (χ1) is 15.4. The molecule has 2 atom stereocenters. The maximum Gasteiger partial charge on any atom is 0.490 e. The average molecular weight is 471 g/mol. The molecule has 2 aliphatic rings. The van der Waals surface area contributed by atoms with Crippen LogP contribution >= 0.6 is 0 Å². The number of alkyl halides is 3. The zero-order chi connectivity index (χ0) is 24.3. The summed E-state index contributed by atoms with van der Waals surface area (Å²) in [6.07, 6.45) is -4.23. The second kappa shape index (κ2) is 9.86. The van der Waals surface area contributed by atoms with Crippen molar-refractivity contribution < 1.29 is 32.3 Å². The number of nitrogens with zero attached hydrogens (tertiary/aromatic N) is 4. The number of carbonyl (C=O) groups is 2. The summed E-state index contributed by atoms with van der Waals surface area (Å²) in [4.78, 5) is 23.6. The van der Waals surface area contributed by atoms with Gasteiger partial charge in [0.05, 0.1) is 0 Å². The number of fused-ring (bicyclic) bond motifs is 2. The molecule has 1 amide bonds. The number of aliphatic carboxylic acids is 1. The maximum absolute atomic E-state index is 13.1. The highest BCUT2D eigenvalue weighted by Crippen LogP contribution is 2.33. The molecule has 1 aromatic heterocycles. The average Bonchev–Trinajstić information content (AvgIpc) is 3.29. The molecule has 0 aliphatic carbocycles. The summed E-state index contributed by atoms with van der Waals surface area (Å²) in [6, 6.07) is 6.80. The van der Waals surface area contributed by atoms with E-state index in [1.54, 1.807) is 0 Å². The lowest BCUT2D eigenvalue weighted by molar-refractivity contribution is -0.192. The quantitative estimate of drug-likeness (QED) is 0.665. The van der Waals surface area contributed by atoms with E-state index in [0.717, 1.165) is 44.0 Å². The molecular weight excluding hydrogens is 446 g/mol. The summed E-state index contributed by atoms with van der Waals surface area (Å²) < 4.78 is 46.8. The first-order valence-electron chi connectivity index (χ1n) is 10.4. The normalized spacial score (nSPS) is 20.0. The Hall–Kier alpha value is -3.02. The Labute approximate surface area is 187 Å². The van der Waals surface area contributed by atoms with Crippen LogP contribution in [0.1, 0.15) is 35.9 Å². The van der Waals surface area contributed by atoms with Crippen molar-refractivity contribution in [2.75, 3.05) is 13.1 Å². The largest absolute Gasteiger partial charge is 0.490 e. The summed E-state index contributed by atoms with van der Waals surface area (Å²) in [5.74, 6) is -0.759. The minimum absolute atomic E-state index is 0.0736. The standard InChI is InChI=1S/C19H24FN5O.C2HF3O2/c1-12(2)21-19(26)18-23-22-17-7-14-9-24(10-15(14)11-25(17)18)8-13-3-5-16(20)6-4-13;3-2(4,5)1(6)7/h3-6,12,14-15H,7-11H2,1-2H3,(H,21,26);(H,6,7). The van der Waals surface area contributed by atoms with Crippen LogP contribution in [-0.2, 0) is 24.3 Å². The molecule has 1 saturated heterocycles. The molecule has 3 heterocycles. The van der Waals surface area contributed by atoms with Gasteiger partial charge in [0, 0.05) is 38.6 Å². The van der Waals surface area contributed by atoms with Crippen LogP contribution in [0.2, 0.25) is 0 Å². The first kappa shape index (κ1) is 24.6. The molecular formula is C21H25F4N5O3. The lowest BCUT2D eigenvalue weighted by atomic mass is 9.89. The number of carboxylic acid groups (broad SMARTS) is 1. The molecule has 4 rings (SSSR count). The van der Waals surface area contributed by atoms with E-state index >= 15 is 0 Å². The summed E-state index contributed by atoms with van der Waals surface area (Å²) in [6.45, 7) is 7.47. The Morgan fingerprint density at radius 3 is 2.30 bits per heavy atom. The van der Waals surface area contributed by atoms with Gasteiger partial charge in [-0.1, -0.05) is 12.1 Å². The fourth-order valence-corrected chi connectivity index (χ4v) is 4.09. The Balaban J connectivity index is 0.000000383. The van der Waals surface area contributed by atoms with Crippen molar-refractivity contribution in [3.63, 3.8) is 0 Å². The van der Waals surface area contributed by atoms with Crippen LogP contribution in [-0.4, -0.2) is 62.0 Å². The minimum atomic E-state index is -5.08. The highest BCUT2D eigenvalue weighted by molar-refractivity contribution is 5.90. The predicted octanol–water partition coefficient (Wildman–Crippen LogP) is 2.49. The number of aromatic nitrogens is 3. The van der Waals surface area contributed by atoms with E-state index < -0.39 is 12.1 Å². The number of rotatable bonds is 4. The van der Waals surface area contributed by atoms with Gasteiger partial charge in [-0.15, -0.1) is 10.2 Å². The van der Waals surface area contributed by atoms with Crippen molar-refractivity contribution in [2.45, 2.75) is 45.6 Å². The van der Waals surface area contributed by atoms with Gasteiger partial charge in [-0.2, -0.15) is 13.2 Å². The van der Waals surface area contributed by atoms with Gasteiger partial charge in [-0.05, 0) is 43.4 Å². The second-order valence-electron chi connectivity index (χ2n) is 8.53. The van der Waals surface area contributed by atoms with Gasteiger partial charge in [-0.3, -0.25) is 9.69 Å². The topological polar surface area (TPSA) is 100 Å². The summed E-state index contributed by atoms with van der Waals surface area (Å²) in [5, 5.41) is 18.4. The number of carboxylic acids is 1. The zero-order valence-corrected chi connectivity index (χ0v) is 18.1. The van der Waals surface area contributed by atoms with Crippen molar-refractivity contribution in [3.8, 4) is 0 Å². The molecule has 2 aromatic rings. The molecule has 33 heavy (non-hydrogen) atoms. The third kappa shape index (κ3) is 6.28. The monoisotopic (exact) mass is 471 g/mol. The second-order valence-corrected chi connectivity index (χ2v) is 8.53. The highest BCUT2D eigenvalue weighted by atomic mass is 19.4. The molecule has 0 saturated carbocycles. The molecule has 2 N–H and O–H groups in total. The van der Waals surface area contributed by atoms with Gasteiger partial charge in [0.1, 0.15) is 11.6 Å². The van der Waals surface area contributed by atoms with Crippen molar-refractivity contribution in [2.24, 2.45) is 11.8 Å². The van der Waals surface area contributed by atoms with Gasteiger partial charge in [-0.25, -0.2) is 9.18 Å². The van der Waals surface area contributed by atoms with Crippen LogP contribution in [0.15, 0.2) is 24.3 Å². The summed E-state index contributed by atoms with van der Waals surface area (Å²) in [5.41, 5.74) is 1.13. The van der Waals surface area contributed by atoms with E-state index in [1.807, 2.05) is 30.5 Å². The van der Waals surface area contributed by atoms with E-state index in [9.17, 15) is 22.4 Å². The summed E-state index contributed by atoms with van der Waals surface area (Å²) >= 11 is 0. The molecule has 2 aliphatic heterocycles. The van der Waals surface area contributed by atoms with Gasteiger partial charge >= 0.3 is 12.1 Å². The van der Waals surface area contributed by atoms with Crippen LogP contribution in [0, 0.1) is 17.7 Å². The molecule has 1 aromatic carbocycles. The fourth-order valence-electron chi connectivity index (χ4n) is 4.09. The van der Waals surface area contributed by atoms with Crippen LogP contribution in [0.3, 0.4) is 0 Å². The number of halogens is 4. The molecule has 0 bridgehead atoms. The third-order valence-corrected chi connectivity index (χ3v) is 5.53. The zero-order valence-electron chi connectivity index (χ0n) is 18.1.